The summed E-state index contributed by atoms with van der Waals surface area (Å²) in [6.07, 6.45) is 4.96. The summed E-state index contributed by atoms with van der Waals surface area (Å²) < 4.78 is 0. The molecule has 0 radical (unpaired) electrons. The Morgan fingerprint density at radius 1 is 1.64 bits per heavy atom. The number of nitrogens with zero attached hydrogens (tertiary/aromatic N) is 1. The fraction of sp³-hybridized carbons (Fsp3) is 0.556. The van der Waals surface area contributed by atoms with Gasteiger partial charge in [-0.05, 0) is 14.0 Å². The first kappa shape index (κ1) is 12.5. The van der Waals surface area contributed by atoms with E-state index in [1.54, 1.807) is 14.0 Å². The van der Waals surface area contributed by atoms with Crippen molar-refractivity contribution in [2.24, 2.45) is 0 Å². The van der Waals surface area contributed by atoms with Crippen molar-refractivity contribution in [3.8, 4) is 12.3 Å². The van der Waals surface area contributed by atoms with Gasteiger partial charge in [0, 0.05) is 0 Å². The predicted molar refractivity (Wildman–Crippen MR) is 51.6 cm³/mol. The zero-order chi connectivity index (χ0) is 11.1. The number of amides is 1. The Balaban J connectivity index is 4.04. The summed E-state index contributed by atoms with van der Waals surface area (Å²) in [6, 6.07) is -0.501. The van der Waals surface area contributed by atoms with Crippen molar-refractivity contribution in [2.45, 2.75) is 13.0 Å². The Bertz CT molecular complexity index is 257. The minimum absolute atomic E-state index is 0.157. The van der Waals surface area contributed by atoms with E-state index in [-0.39, 0.29) is 19.0 Å². The van der Waals surface area contributed by atoms with Crippen LogP contribution in [0.3, 0.4) is 0 Å². The minimum Gasteiger partial charge on any atom is -0.480 e. The molecule has 0 fully saturated rings. The topological polar surface area (TPSA) is 69.6 Å². The summed E-state index contributed by atoms with van der Waals surface area (Å²) in [6.45, 7) is 1.60. The van der Waals surface area contributed by atoms with Gasteiger partial charge >= 0.3 is 5.97 Å². The zero-order valence-electron chi connectivity index (χ0n) is 8.28. The molecule has 0 saturated carbocycles. The molecule has 0 heterocycles. The molecular formula is C9H14N2O3. The number of carboxylic acid groups (broad SMARTS) is 1. The van der Waals surface area contributed by atoms with Crippen LogP contribution >= 0.6 is 0 Å². The smallest absolute Gasteiger partial charge is 0.317 e. The second kappa shape index (κ2) is 6.00. The number of aliphatic carboxylic acids is 1. The molecule has 0 rings (SSSR count). The van der Waals surface area contributed by atoms with Gasteiger partial charge in [0.1, 0.15) is 0 Å². The van der Waals surface area contributed by atoms with Crippen LogP contribution in [0.25, 0.3) is 0 Å². The second-order valence-corrected chi connectivity index (χ2v) is 2.91. The van der Waals surface area contributed by atoms with E-state index >= 15 is 0 Å². The van der Waals surface area contributed by atoms with Gasteiger partial charge in [0.05, 0.1) is 19.1 Å². The van der Waals surface area contributed by atoms with Crippen LogP contribution in [-0.4, -0.2) is 48.1 Å². The molecule has 0 aromatic heterocycles. The molecular weight excluding hydrogens is 184 g/mol. The normalized spacial score (nSPS) is 11.9. The zero-order valence-corrected chi connectivity index (χ0v) is 8.28. The van der Waals surface area contributed by atoms with Crippen LogP contribution in [0.2, 0.25) is 0 Å². The molecule has 0 bridgehead atoms. The number of rotatable bonds is 5. The lowest BCUT2D eigenvalue weighted by Crippen LogP contribution is -2.45. The Hall–Kier alpha value is -1.54. The number of carboxylic acids is 1. The van der Waals surface area contributed by atoms with E-state index in [1.807, 2.05) is 0 Å². The molecule has 5 nitrogen and oxygen atoms in total. The second-order valence-electron chi connectivity index (χ2n) is 2.91. The van der Waals surface area contributed by atoms with Gasteiger partial charge in [-0.25, -0.2) is 0 Å². The highest BCUT2D eigenvalue weighted by Gasteiger charge is 2.18. The highest BCUT2D eigenvalue weighted by Crippen LogP contribution is 1.94. The number of terminal acetylenes is 1. The van der Waals surface area contributed by atoms with E-state index in [0.29, 0.717) is 0 Å². The van der Waals surface area contributed by atoms with Crippen molar-refractivity contribution < 1.29 is 14.7 Å². The third kappa shape index (κ3) is 4.48. The maximum atomic E-state index is 11.3. The molecule has 0 aliphatic carbocycles. The lowest BCUT2D eigenvalue weighted by atomic mass is 10.3. The summed E-state index contributed by atoms with van der Waals surface area (Å²) in [5.74, 6) is 1.03. The standard InChI is InChI=1S/C9H14N2O3/c1-4-5-10-9(14)7(2)11(3)6-8(12)13/h1,7H,5-6H2,2-3H3,(H,10,14)(H,12,13). The molecule has 0 aromatic rings. The lowest BCUT2D eigenvalue weighted by Gasteiger charge is -2.21. The van der Waals surface area contributed by atoms with Gasteiger partial charge in [-0.3, -0.25) is 14.5 Å². The molecule has 1 atom stereocenters. The first-order valence-corrected chi connectivity index (χ1v) is 4.12. The van der Waals surface area contributed by atoms with Crippen molar-refractivity contribution in [1.82, 2.24) is 10.2 Å². The van der Waals surface area contributed by atoms with Gasteiger partial charge < -0.3 is 10.4 Å². The fourth-order valence-corrected chi connectivity index (χ4v) is 0.836. The van der Waals surface area contributed by atoms with Gasteiger partial charge in [-0.15, -0.1) is 6.42 Å². The largest absolute Gasteiger partial charge is 0.480 e. The van der Waals surface area contributed by atoms with Crippen molar-refractivity contribution in [3.05, 3.63) is 0 Å². The van der Waals surface area contributed by atoms with E-state index in [4.69, 9.17) is 11.5 Å². The van der Waals surface area contributed by atoms with Crippen molar-refractivity contribution in [2.75, 3.05) is 20.1 Å². The average molecular weight is 198 g/mol. The van der Waals surface area contributed by atoms with Crippen LogP contribution in [-0.2, 0) is 9.59 Å². The number of likely N-dealkylation sites (N-methyl/N-ethyl adjacent to an activating group) is 1. The van der Waals surface area contributed by atoms with E-state index in [1.165, 1.54) is 4.90 Å². The number of carbonyl (C=O) groups excluding carboxylic acids is 1. The third-order valence-electron chi connectivity index (χ3n) is 1.79. The molecule has 0 saturated heterocycles. The Morgan fingerprint density at radius 2 is 2.21 bits per heavy atom. The monoisotopic (exact) mass is 198 g/mol. The highest BCUT2D eigenvalue weighted by molar-refractivity contribution is 5.82. The summed E-state index contributed by atoms with van der Waals surface area (Å²) >= 11 is 0. The average Bonchev–Trinajstić information content (AvgIpc) is 2.11. The maximum Gasteiger partial charge on any atom is 0.317 e. The first-order chi connectivity index (χ1) is 6.49. The molecule has 0 aromatic carbocycles. The number of nitrogens with one attached hydrogen (secondary N) is 1. The first-order valence-electron chi connectivity index (χ1n) is 4.12. The van der Waals surface area contributed by atoms with E-state index in [2.05, 4.69) is 11.2 Å². The summed E-state index contributed by atoms with van der Waals surface area (Å²) in [4.78, 5) is 23.1. The van der Waals surface area contributed by atoms with Crippen LogP contribution in [0.4, 0.5) is 0 Å². The minimum atomic E-state index is -0.968. The van der Waals surface area contributed by atoms with Crippen molar-refractivity contribution in [1.29, 1.82) is 0 Å². The van der Waals surface area contributed by atoms with Crippen molar-refractivity contribution >= 4 is 11.9 Å². The molecule has 0 aliphatic rings. The highest BCUT2D eigenvalue weighted by atomic mass is 16.4. The van der Waals surface area contributed by atoms with Gasteiger partial charge in [0.25, 0.3) is 0 Å². The Morgan fingerprint density at radius 3 is 2.64 bits per heavy atom. The van der Waals surface area contributed by atoms with E-state index < -0.39 is 12.0 Å². The van der Waals surface area contributed by atoms with Crippen LogP contribution in [0.5, 0.6) is 0 Å². The summed E-state index contributed by atoms with van der Waals surface area (Å²) in [5, 5.41) is 11.0. The fourth-order valence-electron chi connectivity index (χ4n) is 0.836. The molecule has 5 heteroatoms. The predicted octanol–water partition coefficient (Wildman–Crippen LogP) is -0.859. The van der Waals surface area contributed by atoms with Crippen molar-refractivity contribution in [3.63, 3.8) is 0 Å². The van der Waals surface area contributed by atoms with E-state index in [0.717, 1.165) is 0 Å². The summed E-state index contributed by atoms with van der Waals surface area (Å²) in [5.41, 5.74) is 0. The third-order valence-corrected chi connectivity index (χ3v) is 1.79. The van der Waals surface area contributed by atoms with E-state index in [9.17, 15) is 9.59 Å². The van der Waals surface area contributed by atoms with Crippen LogP contribution in [0.15, 0.2) is 0 Å². The Kier molecular flexibility index (Phi) is 5.34. The SMILES string of the molecule is C#CCNC(=O)C(C)N(C)CC(=O)O. The molecule has 14 heavy (non-hydrogen) atoms. The number of hydrogen-bond donors (Lipinski definition) is 2. The molecule has 0 aliphatic heterocycles. The molecule has 1 amide bonds. The van der Waals surface area contributed by atoms with Crippen LogP contribution in [0, 0.1) is 12.3 Å². The van der Waals surface area contributed by atoms with Gasteiger partial charge in [0.15, 0.2) is 0 Å². The maximum absolute atomic E-state index is 11.3. The van der Waals surface area contributed by atoms with Crippen LogP contribution < -0.4 is 5.32 Å². The molecule has 1 unspecified atom stereocenters. The molecule has 78 valence electrons. The van der Waals surface area contributed by atoms with Crippen LogP contribution in [0.1, 0.15) is 6.92 Å². The molecule has 0 spiro atoms. The number of carbonyl (C=O) groups is 2. The van der Waals surface area contributed by atoms with Gasteiger partial charge in [-0.2, -0.15) is 0 Å². The van der Waals surface area contributed by atoms with Gasteiger partial charge in [-0.1, -0.05) is 5.92 Å². The molecule has 2 N–H and O–H groups in total. The lowest BCUT2D eigenvalue weighted by molar-refractivity contribution is -0.139. The van der Waals surface area contributed by atoms with Gasteiger partial charge in [0.2, 0.25) is 5.91 Å². The Labute approximate surface area is 83.1 Å². The summed E-state index contributed by atoms with van der Waals surface area (Å²) in [7, 11) is 1.56. The quantitative estimate of drug-likeness (QED) is 0.564. The number of hydrogen-bond acceptors (Lipinski definition) is 3.